The van der Waals surface area contributed by atoms with E-state index >= 15 is 0 Å². The van der Waals surface area contributed by atoms with E-state index in [4.69, 9.17) is 10.5 Å². The Bertz CT molecular complexity index is 248. The van der Waals surface area contributed by atoms with Crippen LogP contribution in [0, 0.1) is 0 Å². The first-order valence-corrected chi connectivity index (χ1v) is 5.95. The van der Waals surface area contributed by atoms with Crippen LogP contribution >= 0.6 is 0 Å². The van der Waals surface area contributed by atoms with E-state index in [2.05, 4.69) is 5.32 Å². The minimum Gasteiger partial charge on any atom is -0.383 e. The quantitative estimate of drug-likeness (QED) is 0.696. The molecule has 0 aliphatic heterocycles. The summed E-state index contributed by atoms with van der Waals surface area (Å²) in [7, 11) is 1.52. The molecule has 0 aromatic carbocycles. The summed E-state index contributed by atoms with van der Waals surface area (Å²) >= 11 is 0. The Balaban J connectivity index is 0. The molecule has 1 unspecified atom stereocenters. The molecule has 100 valence electrons. The Labute approximate surface area is 105 Å². The predicted octanol–water partition coefficient (Wildman–Crippen LogP) is 1.62. The van der Waals surface area contributed by atoms with Gasteiger partial charge < -0.3 is 15.8 Å². The molecule has 0 saturated heterocycles. The third-order valence-electron chi connectivity index (χ3n) is 1.90. The number of hydrogen-bond acceptors (Lipinski definition) is 3. The second-order valence-electron chi connectivity index (χ2n) is 3.14. The third-order valence-corrected chi connectivity index (χ3v) is 1.90. The molecule has 0 aliphatic rings. The van der Waals surface area contributed by atoms with Gasteiger partial charge in [-0.3, -0.25) is 4.79 Å². The van der Waals surface area contributed by atoms with Crippen molar-refractivity contribution < 1.29 is 9.53 Å². The third kappa shape index (κ3) is 9.78. The van der Waals surface area contributed by atoms with Crippen molar-refractivity contribution in [3.8, 4) is 0 Å². The van der Waals surface area contributed by atoms with Gasteiger partial charge in [0.2, 0.25) is 5.91 Å². The Kier molecular flexibility index (Phi) is 13.9. The van der Waals surface area contributed by atoms with Crippen LogP contribution < -0.4 is 11.1 Å². The second kappa shape index (κ2) is 12.9. The van der Waals surface area contributed by atoms with Crippen LogP contribution in [0.5, 0.6) is 0 Å². The summed E-state index contributed by atoms with van der Waals surface area (Å²) < 4.78 is 4.79. The average molecular weight is 242 g/mol. The van der Waals surface area contributed by atoms with Crippen molar-refractivity contribution in [3.63, 3.8) is 0 Å². The van der Waals surface area contributed by atoms with Crippen molar-refractivity contribution in [1.29, 1.82) is 0 Å². The lowest BCUT2D eigenvalue weighted by molar-refractivity contribution is -0.123. The summed E-state index contributed by atoms with van der Waals surface area (Å²) in [4.78, 5) is 11.4. The van der Waals surface area contributed by atoms with E-state index < -0.39 is 6.04 Å². The number of carbonyl (C=O) groups is 1. The highest BCUT2D eigenvalue weighted by Crippen LogP contribution is 1.94. The van der Waals surface area contributed by atoms with Gasteiger partial charge in [-0.2, -0.15) is 0 Å². The largest absolute Gasteiger partial charge is 0.383 e. The number of allylic oxidation sites excluding steroid dienone is 2. The molecule has 1 atom stereocenters. The molecule has 0 rings (SSSR count). The van der Waals surface area contributed by atoms with Gasteiger partial charge in [0.15, 0.2) is 0 Å². The van der Waals surface area contributed by atoms with Crippen molar-refractivity contribution in [3.05, 3.63) is 23.8 Å². The Hall–Kier alpha value is -1.13. The standard InChI is InChI=1S/C11H20N2O2.C2H6/c1-4-6-9(5-2)7-13-11(14)10(12)8-15-3;1-2/h4-6,10H,7-8,12H2,1-3H3,(H,13,14);1-2H3/b6-4-,9-5+;. The van der Waals surface area contributed by atoms with Gasteiger partial charge in [-0.25, -0.2) is 0 Å². The van der Waals surface area contributed by atoms with E-state index in [1.165, 1.54) is 7.11 Å². The zero-order chi connectivity index (χ0) is 13.7. The molecular weight excluding hydrogens is 216 g/mol. The molecule has 3 N–H and O–H groups in total. The number of hydrogen-bond donors (Lipinski definition) is 2. The van der Waals surface area contributed by atoms with Crippen LogP contribution in [0.25, 0.3) is 0 Å². The Morgan fingerprint density at radius 1 is 1.41 bits per heavy atom. The van der Waals surface area contributed by atoms with E-state index in [1.807, 2.05) is 45.9 Å². The molecule has 0 radical (unpaired) electrons. The van der Waals surface area contributed by atoms with Crippen LogP contribution in [-0.4, -0.2) is 32.2 Å². The maximum absolute atomic E-state index is 11.4. The molecule has 0 aromatic rings. The number of rotatable bonds is 6. The maximum atomic E-state index is 11.4. The fraction of sp³-hybridized carbons (Fsp3) is 0.615. The number of nitrogens with two attached hydrogens (primary N) is 1. The zero-order valence-electron chi connectivity index (χ0n) is 11.6. The average Bonchev–Trinajstić information content (AvgIpc) is 2.36. The van der Waals surface area contributed by atoms with E-state index in [9.17, 15) is 4.79 Å². The number of nitrogens with one attached hydrogen (secondary N) is 1. The molecule has 1 amide bonds. The van der Waals surface area contributed by atoms with Gasteiger partial charge in [0.25, 0.3) is 0 Å². The summed E-state index contributed by atoms with van der Waals surface area (Å²) in [6.45, 7) is 8.59. The smallest absolute Gasteiger partial charge is 0.239 e. The lowest BCUT2D eigenvalue weighted by Crippen LogP contribution is -2.43. The number of methoxy groups -OCH3 is 1. The molecule has 17 heavy (non-hydrogen) atoms. The molecular formula is C13H26N2O2. The van der Waals surface area contributed by atoms with Crippen LogP contribution in [0.15, 0.2) is 23.8 Å². The van der Waals surface area contributed by atoms with Gasteiger partial charge in [-0.1, -0.05) is 32.1 Å². The molecule has 0 aliphatic carbocycles. The van der Waals surface area contributed by atoms with Crippen molar-refractivity contribution in [1.82, 2.24) is 5.32 Å². The van der Waals surface area contributed by atoms with Gasteiger partial charge in [-0.15, -0.1) is 0 Å². The van der Waals surface area contributed by atoms with Crippen molar-refractivity contribution >= 4 is 5.91 Å². The van der Waals surface area contributed by atoms with E-state index in [0.717, 1.165) is 5.57 Å². The highest BCUT2D eigenvalue weighted by molar-refractivity contribution is 5.81. The summed E-state index contributed by atoms with van der Waals surface area (Å²) in [5.74, 6) is -0.194. The van der Waals surface area contributed by atoms with Gasteiger partial charge in [0, 0.05) is 13.7 Å². The maximum Gasteiger partial charge on any atom is 0.239 e. The number of amides is 1. The molecule has 0 heterocycles. The SMILES string of the molecule is C/C=C\C(=C/C)CNC(=O)C(N)COC.CC. The normalized spacial score (nSPS) is 12.9. The lowest BCUT2D eigenvalue weighted by atomic mass is 10.2. The first-order chi connectivity index (χ1) is 8.15. The minimum atomic E-state index is -0.598. The molecule has 0 saturated carbocycles. The van der Waals surface area contributed by atoms with Crippen LogP contribution in [0.1, 0.15) is 27.7 Å². The molecule has 4 nitrogen and oxygen atoms in total. The van der Waals surface area contributed by atoms with Crippen LogP contribution in [0.4, 0.5) is 0 Å². The van der Waals surface area contributed by atoms with Crippen molar-refractivity contribution in [2.75, 3.05) is 20.3 Å². The highest BCUT2D eigenvalue weighted by atomic mass is 16.5. The summed E-state index contributed by atoms with van der Waals surface area (Å²) in [5.41, 5.74) is 6.61. The van der Waals surface area contributed by atoms with Crippen LogP contribution in [0.3, 0.4) is 0 Å². The van der Waals surface area contributed by atoms with Crippen LogP contribution in [-0.2, 0) is 9.53 Å². The van der Waals surface area contributed by atoms with Crippen LogP contribution in [0.2, 0.25) is 0 Å². The number of carbonyl (C=O) groups excluding carboxylic acids is 1. The summed E-state index contributed by atoms with van der Waals surface area (Å²) in [5, 5.41) is 2.74. The molecule has 0 spiro atoms. The van der Waals surface area contributed by atoms with Crippen molar-refractivity contribution in [2.24, 2.45) is 5.73 Å². The monoisotopic (exact) mass is 242 g/mol. The molecule has 0 fully saturated rings. The molecule has 0 aromatic heterocycles. The van der Waals surface area contributed by atoms with E-state index in [0.29, 0.717) is 6.54 Å². The number of ether oxygens (including phenoxy) is 1. The highest BCUT2D eigenvalue weighted by Gasteiger charge is 2.11. The van der Waals surface area contributed by atoms with E-state index in [-0.39, 0.29) is 12.5 Å². The van der Waals surface area contributed by atoms with Crippen molar-refractivity contribution in [2.45, 2.75) is 33.7 Å². The first kappa shape index (κ1) is 18.2. The predicted molar refractivity (Wildman–Crippen MR) is 72.8 cm³/mol. The fourth-order valence-corrected chi connectivity index (χ4v) is 1.05. The summed E-state index contributed by atoms with van der Waals surface area (Å²) in [6.07, 6.45) is 5.82. The Morgan fingerprint density at radius 3 is 2.41 bits per heavy atom. The topological polar surface area (TPSA) is 64.4 Å². The van der Waals surface area contributed by atoms with E-state index in [1.54, 1.807) is 0 Å². The van der Waals surface area contributed by atoms with Gasteiger partial charge in [0.05, 0.1) is 6.61 Å². The van der Waals surface area contributed by atoms with Gasteiger partial charge in [-0.05, 0) is 19.4 Å². The Morgan fingerprint density at radius 2 is 2.00 bits per heavy atom. The second-order valence-corrected chi connectivity index (χ2v) is 3.14. The minimum absolute atomic E-state index is 0.194. The first-order valence-electron chi connectivity index (χ1n) is 5.95. The zero-order valence-corrected chi connectivity index (χ0v) is 11.6. The molecule has 4 heteroatoms. The van der Waals surface area contributed by atoms with Gasteiger partial charge in [0.1, 0.15) is 6.04 Å². The summed E-state index contributed by atoms with van der Waals surface area (Å²) in [6, 6.07) is -0.598. The lowest BCUT2D eigenvalue weighted by Gasteiger charge is -2.11. The fourth-order valence-electron chi connectivity index (χ4n) is 1.05. The molecule has 0 bridgehead atoms. The van der Waals surface area contributed by atoms with Gasteiger partial charge >= 0.3 is 0 Å².